The van der Waals surface area contributed by atoms with E-state index in [1.165, 1.54) is 17.7 Å². The lowest BCUT2D eigenvalue weighted by atomic mass is 10.2. The molecule has 21 heavy (non-hydrogen) atoms. The van der Waals surface area contributed by atoms with Gasteiger partial charge in [0.25, 0.3) is 0 Å². The molecule has 6 heteroatoms. The number of hydrogen-bond acceptors (Lipinski definition) is 5. The summed E-state index contributed by atoms with van der Waals surface area (Å²) in [7, 11) is 2.01. The van der Waals surface area contributed by atoms with Crippen molar-refractivity contribution in [2.75, 3.05) is 11.9 Å². The molecule has 0 aliphatic heterocycles. The third-order valence-electron chi connectivity index (χ3n) is 3.05. The summed E-state index contributed by atoms with van der Waals surface area (Å²) in [6.07, 6.45) is 0.685. The maximum absolute atomic E-state index is 12.9. The lowest BCUT2D eigenvalue weighted by Gasteiger charge is -2.13. The van der Waals surface area contributed by atoms with E-state index in [9.17, 15) is 4.39 Å². The third-order valence-corrected chi connectivity index (χ3v) is 4.82. The van der Waals surface area contributed by atoms with Gasteiger partial charge in [0.2, 0.25) is 5.13 Å². The summed E-state index contributed by atoms with van der Waals surface area (Å²) in [5.74, 6) is -0.216. The summed E-state index contributed by atoms with van der Waals surface area (Å²) in [6, 6.07) is 8.62. The Morgan fingerprint density at radius 1 is 1.10 bits per heavy atom. The molecular formula is C15H14FN3S2. The van der Waals surface area contributed by atoms with Gasteiger partial charge in [0, 0.05) is 20.0 Å². The highest BCUT2D eigenvalue weighted by Gasteiger charge is 2.10. The minimum Gasteiger partial charge on any atom is -0.345 e. The summed E-state index contributed by atoms with van der Waals surface area (Å²) in [5, 5.41) is 14.5. The van der Waals surface area contributed by atoms with Crippen LogP contribution in [0, 0.1) is 5.82 Å². The van der Waals surface area contributed by atoms with Crippen molar-refractivity contribution in [3.8, 4) is 0 Å². The molecule has 3 aromatic rings. The molecule has 0 aliphatic rings. The maximum atomic E-state index is 12.9. The van der Waals surface area contributed by atoms with E-state index < -0.39 is 0 Å². The second kappa shape index (κ2) is 6.32. The van der Waals surface area contributed by atoms with Gasteiger partial charge >= 0.3 is 0 Å². The van der Waals surface area contributed by atoms with Gasteiger partial charge in [-0.25, -0.2) is 4.39 Å². The summed E-state index contributed by atoms with van der Waals surface area (Å²) in [4.78, 5) is 2.09. The Kier molecular flexibility index (Phi) is 4.26. The van der Waals surface area contributed by atoms with Gasteiger partial charge in [-0.2, -0.15) is 11.3 Å². The van der Waals surface area contributed by atoms with Crippen LogP contribution in [0.2, 0.25) is 0 Å². The molecule has 0 saturated carbocycles. The van der Waals surface area contributed by atoms with Crippen LogP contribution in [0.25, 0.3) is 0 Å². The zero-order chi connectivity index (χ0) is 14.7. The second-order valence-electron chi connectivity index (χ2n) is 4.77. The number of anilines is 1. The van der Waals surface area contributed by atoms with Gasteiger partial charge < -0.3 is 4.90 Å². The number of benzene rings is 1. The van der Waals surface area contributed by atoms with E-state index in [0.717, 1.165) is 22.2 Å². The molecule has 0 bridgehead atoms. The van der Waals surface area contributed by atoms with Gasteiger partial charge in [0.05, 0.1) is 0 Å². The molecule has 3 nitrogen and oxygen atoms in total. The maximum Gasteiger partial charge on any atom is 0.208 e. The van der Waals surface area contributed by atoms with Crippen LogP contribution < -0.4 is 4.90 Å². The summed E-state index contributed by atoms with van der Waals surface area (Å²) >= 11 is 3.27. The Balaban J connectivity index is 1.66. The van der Waals surface area contributed by atoms with Crippen LogP contribution in [-0.4, -0.2) is 17.2 Å². The molecule has 0 radical (unpaired) electrons. The predicted molar refractivity (Wildman–Crippen MR) is 85.5 cm³/mol. The van der Waals surface area contributed by atoms with Crippen LogP contribution in [0.4, 0.5) is 9.52 Å². The molecule has 1 aromatic carbocycles. The Morgan fingerprint density at radius 2 is 1.90 bits per heavy atom. The number of hydrogen-bond donors (Lipinski definition) is 0. The number of aromatic nitrogens is 2. The van der Waals surface area contributed by atoms with Crippen molar-refractivity contribution < 1.29 is 4.39 Å². The van der Waals surface area contributed by atoms with Crippen LogP contribution in [0.15, 0.2) is 41.1 Å². The monoisotopic (exact) mass is 319 g/mol. The van der Waals surface area contributed by atoms with E-state index >= 15 is 0 Å². The Morgan fingerprint density at radius 3 is 2.62 bits per heavy atom. The van der Waals surface area contributed by atoms with E-state index in [0.29, 0.717) is 6.42 Å². The molecule has 0 N–H and O–H groups in total. The Bertz CT molecular complexity index is 692. The van der Waals surface area contributed by atoms with E-state index in [4.69, 9.17) is 0 Å². The average Bonchev–Trinajstić information content (AvgIpc) is 3.13. The van der Waals surface area contributed by atoms with E-state index in [1.807, 2.05) is 7.05 Å². The van der Waals surface area contributed by atoms with Crippen molar-refractivity contribution in [2.24, 2.45) is 0 Å². The minimum absolute atomic E-state index is 0.216. The van der Waals surface area contributed by atoms with Gasteiger partial charge in [-0.1, -0.05) is 23.5 Å². The standard InChI is InChI=1S/C15H14FN3S2/c1-19(9-12-6-7-20-10-12)15-18-17-14(21-15)8-11-2-4-13(16)5-3-11/h2-7,10H,8-9H2,1H3. The van der Waals surface area contributed by atoms with Crippen molar-refractivity contribution >= 4 is 27.8 Å². The lowest BCUT2D eigenvalue weighted by molar-refractivity contribution is 0.627. The molecule has 2 aromatic heterocycles. The Labute approximate surface area is 130 Å². The molecule has 0 spiro atoms. The van der Waals surface area contributed by atoms with Gasteiger partial charge in [-0.3, -0.25) is 0 Å². The number of nitrogens with zero attached hydrogens (tertiary/aromatic N) is 3. The van der Waals surface area contributed by atoms with Crippen molar-refractivity contribution in [2.45, 2.75) is 13.0 Å². The normalized spacial score (nSPS) is 10.8. The molecular weight excluding hydrogens is 305 g/mol. The fraction of sp³-hybridized carbons (Fsp3) is 0.200. The van der Waals surface area contributed by atoms with Crippen molar-refractivity contribution in [3.63, 3.8) is 0 Å². The molecule has 0 unspecified atom stereocenters. The van der Waals surface area contributed by atoms with Crippen molar-refractivity contribution in [1.29, 1.82) is 0 Å². The smallest absolute Gasteiger partial charge is 0.208 e. The number of halogens is 1. The number of rotatable bonds is 5. The van der Waals surface area contributed by atoms with Crippen molar-refractivity contribution in [1.82, 2.24) is 10.2 Å². The fourth-order valence-electron chi connectivity index (χ4n) is 1.97. The first-order chi connectivity index (χ1) is 10.2. The summed E-state index contributed by atoms with van der Waals surface area (Å²) in [5.41, 5.74) is 2.32. The van der Waals surface area contributed by atoms with Gasteiger partial charge in [0.1, 0.15) is 10.8 Å². The number of thiophene rings is 1. The molecule has 0 fully saturated rings. The van der Waals surface area contributed by atoms with E-state index in [2.05, 4.69) is 31.9 Å². The highest BCUT2D eigenvalue weighted by atomic mass is 32.1. The van der Waals surface area contributed by atoms with Crippen LogP contribution in [0.5, 0.6) is 0 Å². The van der Waals surface area contributed by atoms with Gasteiger partial charge in [-0.15, -0.1) is 10.2 Å². The zero-order valence-corrected chi connectivity index (χ0v) is 13.1. The van der Waals surface area contributed by atoms with Crippen molar-refractivity contribution in [3.05, 3.63) is 63.0 Å². The summed E-state index contributed by atoms with van der Waals surface area (Å²) in [6.45, 7) is 0.828. The molecule has 0 atom stereocenters. The van der Waals surface area contributed by atoms with Crippen LogP contribution in [0.3, 0.4) is 0 Å². The quantitative estimate of drug-likeness (QED) is 0.712. The van der Waals surface area contributed by atoms with Crippen LogP contribution in [-0.2, 0) is 13.0 Å². The SMILES string of the molecule is CN(Cc1ccsc1)c1nnc(Cc2ccc(F)cc2)s1. The molecule has 0 saturated heterocycles. The topological polar surface area (TPSA) is 29.0 Å². The molecule has 108 valence electrons. The predicted octanol–water partition coefficient (Wildman–Crippen LogP) is 3.97. The largest absolute Gasteiger partial charge is 0.345 e. The first-order valence-electron chi connectivity index (χ1n) is 6.50. The average molecular weight is 319 g/mol. The minimum atomic E-state index is -0.216. The first-order valence-corrected chi connectivity index (χ1v) is 8.25. The van der Waals surface area contributed by atoms with Gasteiger partial charge in [-0.05, 0) is 40.1 Å². The molecule has 2 heterocycles. The zero-order valence-electron chi connectivity index (χ0n) is 11.5. The van der Waals surface area contributed by atoms with E-state index in [-0.39, 0.29) is 5.82 Å². The second-order valence-corrected chi connectivity index (χ2v) is 6.59. The molecule has 0 aliphatic carbocycles. The highest BCUT2D eigenvalue weighted by Crippen LogP contribution is 2.23. The molecule has 0 amide bonds. The third kappa shape index (κ3) is 3.65. The lowest BCUT2D eigenvalue weighted by Crippen LogP contribution is -2.15. The summed E-state index contributed by atoms with van der Waals surface area (Å²) < 4.78 is 12.9. The van der Waals surface area contributed by atoms with E-state index in [1.54, 1.807) is 34.8 Å². The molecule has 3 rings (SSSR count). The Hall–Kier alpha value is -1.79. The fourth-order valence-corrected chi connectivity index (χ4v) is 3.46. The first kappa shape index (κ1) is 14.2. The van der Waals surface area contributed by atoms with Crippen LogP contribution >= 0.6 is 22.7 Å². The highest BCUT2D eigenvalue weighted by molar-refractivity contribution is 7.15. The van der Waals surface area contributed by atoms with Crippen LogP contribution in [0.1, 0.15) is 16.1 Å². The van der Waals surface area contributed by atoms with Gasteiger partial charge in [0.15, 0.2) is 0 Å².